The summed E-state index contributed by atoms with van der Waals surface area (Å²) < 4.78 is 0. The van der Waals surface area contributed by atoms with Gasteiger partial charge < -0.3 is 10.0 Å². The van der Waals surface area contributed by atoms with E-state index in [1.165, 1.54) is 37.7 Å². The maximum atomic E-state index is 11.2. The molecule has 1 aliphatic heterocycles. The van der Waals surface area contributed by atoms with Crippen LogP contribution >= 0.6 is 0 Å². The van der Waals surface area contributed by atoms with Crippen LogP contribution in [0.3, 0.4) is 0 Å². The third-order valence-corrected chi connectivity index (χ3v) is 7.37. The summed E-state index contributed by atoms with van der Waals surface area (Å²) in [5, 5.41) is 11.2. The number of hydrogen-bond acceptors (Lipinski definition) is 2. The number of rotatable bonds is 1. The third kappa shape index (κ3) is 1.74. The van der Waals surface area contributed by atoms with Gasteiger partial charge >= 0.3 is 0 Å². The van der Waals surface area contributed by atoms with Crippen LogP contribution in [0.1, 0.15) is 49.1 Å². The van der Waals surface area contributed by atoms with Crippen LogP contribution in [0.4, 0.5) is 0 Å². The van der Waals surface area contributed by atoms with Gasteiger partial charge in [0.1, 0.15) is 0 Å². The average molecular weight is 297 g/mol. The average Bonchev–Trinajstić information content (AvgIpc) is 2.50. The number of fused-ring (bicyclic) bond motifs is 1. The smallest absolute Gasteiger partial charge is 0.0631 e. The second kappa shape index (κ2) is 4.58. The molecule has 118 valence electrons. The third-order valence-electron chi connectivity index (χ3n) is 7.37. The lowest BCUT2D eigenvalue weighted by molar-refractivity contribution is -0.170. The van der Waals surface area contributed by atoms with E-state index in [0.29, 0.717) is 11.8 Å². The minimum absolute atomic E-state index is 0.0649. The van der Waals surface area contributed by atoms with Crippen molar-refractivity contribution < 1.29 is 5.11 Å². The van der Waals surface area contributed by atoms with Crippen LogP contribution in [-0.2, 0) is 6.54 Å². The van der Waals surface area contributed by atoms with Gasteiger partial charge in [0.2, 0.25) is 0 Å². The molecule has 6 rings (SSSR count). The van der Waals surface area contributed by atoms with Crippen molar-refractivity contribution in [1.29, 1.82) is 0 Å². The fourth-order valence-corrected chi connectivity index (χ4v) is 6.84. The van der Waals surface area contributed by atoms with Crippen molar-refractivity contribution in [3.8, 4) is 0 Å². The first-order valence-corrected chi connectivity index (χ1v) is 9.10. The van der Waals surface area contributed by atoms with Gasteiger partial charge in [-0.05, 0) is 68.0 Å². The van der Waals surface area contributed by atoms with E-state index in [0.717, 1.165) is 24.9 Å². The second-order valence-corrected chi connectivity index (χ2v) is 8.73. The quantitative estimate of drug-likeness (QED) is 0.859. The zero-order valence-electron chi connectivity index (χ0n) is 13.5. The lowest BCUT2D eigenvalue weighted by atomic mass is 9.44. The van der Waals surface area contributed by atoms with Crippen LogP contribution < -0.4 is 0 Å². The summed E-state index contributed by atoms with van der Waals surface area (Å²) in [5.41, 5.74) is 3.20. The van der Waals surface area contributed by atoms with Crippen molar-refractivity contribution in [2.45, 2.75) is 50.7 Å². The highest BCUT2D eigenvalue weighted by atomic mass is 16.3. The highest BCUT2D eigenvalue weighted by molar-refractivity contribution is 5.36. The van der Waals surface area contributed by atoms with Crippen molar-refractivity contribution >= 4 is 0 Å². The molecule has 4 aliphatic carbocycles. The van der Waals surface area contributed by atoms with Crippen LogP contribution in [0, 0.1) is 23.2 Å². The molecule has 2 heteroatoms. The van der Waals surface area contributed by atoms with Crippen molar-refractivity contribution in [1.82, 2.24) is 4.90 Å². The van der Waals surface area contributed by atoms with E-state index in [4.69, 9.17) is 0 Å². The first-order chi connectivity index (χ1) is 10.7. The Bertz CT molecular complexity index is 583. The largest absolute Gasteiger partial charge is 0.392 e. The number of aliphatic hydroxyl groups excluding tert-OH is 1. The summed E-state index contributed by atoms with van der Waals surface area (Å²) in [4.78, 5) is 2.47. The Labute approximate surface area is 133 Å². The van der Waals surface area contributed by atoms with E-state index in [9.17, 15) is 5.11 Å². The highest BCUT2D eigenvalue weighted by Crippen LogP contribution is 2.65. The van der Waals surface area contributed by atoms with Gasteiger partial charge in [-0.15, -0.1) is 0 Å². The molecule has 2 nitrogen and oxygen atoms in total. The summed E-state index contributed by atoms with van der Waals surface area (Å²) in [7, 11) is 2.25. The van der Waals surface area contributed by atoms with Crippen LogP contribution in [0.5, 0.6) is 0 Å². The standard InChI is InChI=1S/C20H27NO/c1-21-11-15-4-2-3-5-17(15)18(12-21)20-9-13-6-14(10-20)8-16(7-13)19(20)22/h2-5,13-14,16,18-19,22H,6-12H2,1H3. The van der Waals surface area contributed by atoms with E-state index in [1.807, 2.05) is 0 Å². The topological polar surface area (TPSA) is 23.5 Å². The van der Waals surface area contributed by atoms with Gasteiger partial charge in [0.15, 0.2) is 0 Å². The van der Waals surface area contributed by atoms with Crippen molar-refractivity contribution in [2.75, 3.05) is 13.6 Å². The Hall–Kier alpha value is -0.860. The maximum absolute atomic E-state index is 11.2. The lowest BCUT2D eigenvalue weighted by Crippen LogP contribution is -2.60. The molecule has 5 aliphatic rings. The first kappa shape index (κ1) is 13.6. The van der Waals surface area contributed by atoms with Crippen LogP contribution in [0.25, 0.3) is 0 Å². The van der Waals surface area contributed by atoms with E-state index < -0.39 is 0 Å². The molecule has 4 fully saturated rings. The number of hydrogen-bond donors (Lipinski definition) is 1. The Kier molecular flexibility index (Phi) is 2.82. The Morgan fingerprint density at radius 1 is 1.09 bits per heavy atom. The lowest BCUT2D eigenvalue weighted by Gasteiger charge is -2.63. The molecular weight excluding hydrogens is 270 g/mol. The first-order valence-electron chi connectivity index (χ1n) is 9.10. The van der Waals surface area contributed by atoms with Gasteiger partial charge in [-0.2, -0.15) is 0 Å². The molecule has 0 aromatic heterocycles. The molecule has 0 radical (unpaired) electrons. The summed E-state index contributed by atoms with van der Waals surface area (Å²) in [6, 6.07) is 9.01. The minimum atomic E-state index is -0.0649. The van der Waals surface area contributed by atoms with E-state index in [2.05, 4.69) is 36.2 Å². The molecular formula is C20H27NO. The fourth-order valence-electron chi connectivity index (χ4n) is 6.84. The maximum Gasteiger partial charge on any atom is 0.0631 e. The van der Waals surface area contributed by atoms with E-state index in [1.54, 1.807) is 5.56 Å². The number of nitrogens with zero attached hydrogens (tertiary/aromatic N) is 1. The normalized spacial score (nSPS) is 46.7. The SMILES string of the molecule is CN1Cc2ccccc2C(C23CC4CC(CC(C4)C2O)C3)C1. The Morgan fingerprint density at radius 2 is 1.82 bits per heavy atom. The van der Waals surface area contributed by atoms with Crippen LogP contribution in [-0.4, -0.2) is 29.7 Å². The Balaban J connectivity index is 1.61. The molecule has 1 aromatic rings. The predicted octanol–water partition coefficient (Wildman–Crippen LogP) is 3.40. The molecule has 4 saturated carbocycles. The molecule has 4 atom stereocenters. The van der Waals surface area contributed by atoms with E-state index >= 15 is 0 Å². The molecule has 0 amide bonds. The molecule has 22 heavy (non-hydrogen) atoms. The van der Waals surface area contributed by atoms with Gasteiger partial charge in [-0.3, -0.25) is 0 Å². The Morgan fingerprint density at radius 3 is 2.59 bits per heavy atom. The van der Waals surface area contributed by atoms with Crippen molar-refractivity contribution in [3.05, 3.63) is 35.4 Å². The summed E-state index contributed by atoms with van der Waals surface area (Å²) in [6.07, 6.45) is 6.51. The zero-order chi connectivity index (χ0) is 14.9. The van der Waals surface area contributed by atoms with E-state index in [-0.39, 0.29) is 11.5 Å². The highest BCUT2D eigenvalue weighted by Gasteiger charge is 2.60. The van der Waals surface area contributed by atoms with Crippen molar-refractivity contribution in [3.63, 3.8) is 0 Å². The van der Waals surface area contributed by atoms with Gasteiger partial charge in [-0.1, -0.05) is 24.3 Å². The summed E-state index contributed by atoms with van der Waals surface area (Å²) >= 11 is 0. The molecule has 4 unspecified atom stereocenters. The van der Waals surface area contributed by atoms with Crippen LogP contribution in [0.15, 0.2) is 24.3 Å². The summed E-state index contributed by atoms with van der Waals surface area (Å²) in [5.74, 6) is 2.90. The summed E-state index contributed by atoms with van der Waals surface area (Å²) in [6.45, 7) is 2.19. The molecule has 0 spiro atoms. The molecule has 0 saturated heterocycles. The fraction of sp³-hybridized carbons (Fsp3) is 0.700. The number of aliphatic hydroxyl groups is 1. The second-order valence-electron chi connectivity index (χ2n) is 8.73. The van der Waals surface area contributed by atoms with Gasteiger partial charge in [0.25, 0.3) is 0 Å². The number of likely N-dealkylation sites (N-methyl/N-ethyl adjacent to an activating group) is 1. The predicted molar refractivity (Wildman–Crippen MR) is 87.5 cm³/mol. The number of benzene rings is 1. The minimum Gasteiger partial charge on any atom is -0.392 e. The zero-order valence-corrected chi connectivity index (χ0v) is 13.5. The van der Waals surface area contributed by atoms with Gasteiger partial charge in [0, 0.05) is 24.4 Å². The molecule has 1 aromatic carbocycles. The molecule has 4 bridgehead atoms. The van der Waals surface area contributed by atoms with Crippen LogP contribution in [0.2, 0.25) is 0 Å². The molecule has 1 heterocycles. The van der Waals surface area contributed by atoms with Crippen molar-refractivity contribution in [2.24, 2.45) is 23.2 Å². The molecule has 1 N–H and O–H groups in total. The monoisotopic (exact) mass is 297 g/mol. The van der Waals surface area contributed by atoms with Gasteiger partial charge in [-0.25, -0.2) is 0 Å². The van der Waals surface area contributed by atoms with Gasteiger partial charge in [0.05, 0.1) is 6.10 Å².